The van der Waals surface area contributed by atoms with Gasteiger partial charge < -0.3 is 4.40 Å². The number of carbonyl (C=O) groups excluding carboxylic acids is 2. The summed E-state index contributed by atoms with van der Waals surface area (Å²) in [5.74, 6) is -1.28. The third-order valence-electron chi connectivity index (χ3n) is 8.75. The maximum absolute atomic E-state index is 14.4. The molecule has 2 aromatic carbocycles. The highest BCUT2D eigenvalue weighted by atomic mass is 19.1. The summed E-state index contributed by atoms with van der Waals surface area (Å²) in [6, 6.07) is 17.5. The van der Waals surface area contributed by atoms with Gasteiger partial charge in [-0.3, -0.25) is 19.0 Å². The van der Waals surface area contributed by atoms with Crippen molar-refractivity contribution in [1.82, 2.24) is 23.5 Å². The maximum Gasteiger partial charge on any atom is 0.337 e. The van der Waals surface area contributed by atoms with Crippen LogP contribution in [0.3, 0.4) is 0 Å². The summed E-state index contributed by atoms with van der Waals surface area (Å²) in [6.07, 6.45) is 6.84. The van der Waals surface area contributed by atoms with Gasteiger partial charge in [0, 0.05) is 30.4 Å². The molecule has 4 aromatic heterocycles. The van der Waals surface area contributed by atoms with Crippen molar-refractivity contribution in [3.8, 4) is 16.8 Å². The lowest BCUT2D eigenvalue weighted by Gasteiger charge is -2.29. The summed E-state index contributed by atoms with van der Waals surface area (Å²) in [5, 5.41) is -0.0288. The molecule has 0 unspecified atom stereocenters. The molecule has 46 heavy (non-hydrogen) atoms. The van der Waals surface area contributed by atoms with Crippen LogP contribution < -0.4 is 11.2 Å². The number of nitrogens with zero attached hydrogens (tertiary/aromatic N) is 5. The molecule has 1 aliphatic carbocycles. The molecule has 0 amide bonds. The highest BCUT2D eigenvalue weighted by molar-refractivity contribution is 5.95. The molecule has 1 aliphatic rings. The van der Waals surface area contributed by atoms with Crippen LogP contribution in [0.4, 0.5) is 8.78 Å². The minimum absolute atomic E-state index is 0.0114. The number of aldehydes is 1. The SMILES string of the molecule is O=Cc1ccccc1-c1cccc(-n2c(=O)n(C3CCC(CC(=O)c4cn5cc(F)ccc5n4)CC3)c(=O)c3cc(F)cnc32)c1. The third-order valence-corrected chi connectivity index (χ3v) is 8.75. The number of hydrogen-bond donors (Lipinski definition) is 0. The lowest BCUT2D eigenvalue weighted by Crippen LogP contribution is -2.43. The first-order valence-corrected chi connectivity index (χ1v) is 15.0. The summed E-state index contributed by atoms with van der Waals surface area (Å²) in [7, 11) is 0. The van der Waals surface area contributed by atoms with Gasteiger partial charge in [0.05, 0.1) is 17.3 Å². The standard InChI is InChI=1S/C35H27F2N5O4/c36-24-10-13-32-39-30(19-40(32)18-24)31(44)14-21-8-11-26(12-9-21)42-34(45)29-16-25(37)17-38-33(29)41(35(42)46)27-6-3-5-22(15-27)28-7-2-1-4-23(28)20-43/h1-7,10,13,15-21,26H,8-9,11-12,14H2. The van der Waals surface area contributed by atoms with E-state index in [-0.39, 0.29) is 34.8 Å². The van der Waals surface area contributed by atoms with Crippen LogP contribution in [0.2, 0.25) is 0 Å². The molecular weight excluding hydrogens is 592 g/mol. The summed E-state index contributed by atoms with van der Waals surface area (Å²) in [4.78, 5) is 61.1. The molecule has 0 N–H and O–H groups in total. The Kier molecular flexibility index (Phi) is 7.44. The molecule has 1 fully saturated rings. The number of carbonyl (C=O) groups is 2. The number of aromatic nitrogens is 5. The largest absolute Gasteiger partial charge is 0.337 e. The van der Waals surface area contributed by atoms with E-state index in [2.05, 4.69) is 9.97 Å². The molecule has 9 nitrogen and oxygen atoms in total. The van der Waals surface area contributed by atoms with Gasteiger partial charge in [0.25, 0.3) is 5.56 Å². The van der Waals surface area contributed by atoms with Gasteiger partial charge >= 0.3 is 5.69 Å². The van der Waals surface area contributed by atoms with E-state index in [9.17, 15) is 28.0 Å². The van der Waals surface area contributed by atoms with Crippen molar-refractivity contribution in [2.75, 3.05) is 0 Å². The Bertz CT molecular complexity index is 2280. The minimum atomic E-state index is -0.702. The Morgan fingerprint density at radius 3 is 2.52 bits per heavy atom. The molecule has 230 valence electrons. The second-order valence-corrected chi connectivity index (χ2v) is 11.6. The minimum Gasteiger partial charge on any atom is -0.303 e. The molecule has 0 saturated heterocycles. The molecule has 0 radical (unpaired) electrons. The van der Waals surface area contributed by atoms with Gasteiger partial charge in [-0.2, -0.15) is 0 Å². The topological polar surface area (TPSA) is 108 Å². The van der Waals surface area contributed by atoms with Gasteiger partial charge in [0.2, 0.25) is 0 Å². The molecule has 0 aliphatic heterocycles. The van der Waals surface area contributed by atoms with Crippen molar-refractivity contribution < 1.29 is 18.4 Å². The van der Waals surface area contributed by atoms with Crippen molar-refractivity contribution in [3.05, 3.63) is 129 Å². The van der Waals surface area contributed by atoms with E-state index >= 15 is 0 Å². The number of pyridine rings is 2. The lowest BCUT2D eigenvalue weighted by molar-refractivity contribution is 0.0938. The number of Topliss-reactive ketones (excluding diaryl/α,β-unsaturated/α-hetero) is 1. The molecule has 11 heteroatoms. The summed E-state index contributed by atoms with van der Waals surface area (Å²) < 4.78 is 32.0. The zero-order valence-corrected chi connectivity index (χ0v) is 24.5. The van der Waals surface area contributed by atoms with Crippen molar-refractivity contribution in [1.29, 1.82) is 0 Å². The molecule has 0 atom stereocenters. The van der Waals surface area contributed by atoms with Gasteiger partial charge in [-0.05, 0) is 73.1 Å². The Labute approximate surface area is 260 Å². The van der Waals surface area contributed by atoms with Crippen LogP contribution in [-0.4, -0.2) is 35.6 Å². The molecule has 7 rings (SSSR count). The summed E-state index contributed by atoms with van der Waals surface area (Å²) in [5.41, 5.74) is 1.78. The first kappa shape index (κ1) is 29.1. The Morgan fingerprint density at radius 1 is 0.913 bits per heavy atom. The fourth-order valence-electron chi connectivity index (χ4n) is 6.49. The molecule has 4 heterocycles. The van der Waals surface area contributed by atoms with E-state index in [1.807, 2.05) is 12.1 Å². The van der Waals surface area contributed by atoms with Crippen LogP contribution in [0.15, 0.2) is 94.9 Å². The quantitative estimate of drug-likeness (QED) is 0.161. The third kappa shape index (κ3) is 5.23. The van der Waals surface area contributed by atoms with Crippen molar-refractivity contribution in [2.45, 2.75) is 38.1 Å². The van der Waals surface area contributed by atoms with E-state index in [1.165, 1.54) is 38.1 Å². The number of fused-ring (bicyclic) bond motifs is 2. The monoisotopic (exact) mass is 619 g/mol. The number of ketones is 1. The number of benzene rings is 2. The average molecular weight is 620 g/mol. The van der Waals surface area contributed by atoms with Gasteiger partial charge in [-0.25, -0.2) is 28.1 Å². The number of halogens is 2. The molecular formula is C35H27F2N5O4. The normalized spacial score (nSPS) is 16.6. The predicted molar refractivity (Wildman–Crippen MR) is 167 cm³/mol. The number of rotatable bonds is 7. The van der Waals surface area contributed by atoms with E-state index < -0.39 is 28.9 Å². The van der Waals surface area contributed by atoms with E-state index in [1.54, 1.807) is 36.4 Å². The fourth-order valence-corrected chi connectivity index (χ4v) is 6.49. The zero-order valence-electron chi connectivity index (χ0n) is 24.5. The van der Waals surface area contributed by atoms with Gasteiger partial charge in [0.15, 0.2) is 17.7 Å². The van der Waals surface area contributed by atoms with Crippen molar-refractivity contribution in [2.24, 2.45) is 5.92 Å². The average Bonchev–Trinajstić information content (AvgIpc) is 3.50. The van der Waals surface area contributed by atoms with Crippen LogP contribution >= 0.6 is 0 Å². The van der Waals surface area contributed by atoms with Crippen molar-refractivity contribution >= 4 is 28.7 Å². The van der Waals surface area contributed by atoms with Crippen LogP contribution in [-0.2, 0) is 0 Å². The number of hydrogen-bond acceptors (Lipinski definition) is 6. The maximum atomic E-state index is 14.4. The molecule has 1 saturated carbocycles. The zero-order chi connectivity index (χ0) is 31.9. The van der Waals surface area contributed by atoms with E-state index in [0.717, 1.165) is 18.5 Å². The summed E-state index contributed by atoms with van der Waals surface area (Å²) >= 11 is 0. The van der Waals surface area contributed by atoms with Gasteiger partial charge in [0.1, 0.15) is 23.0 Å². The van der Waals surface area contributed by atoms with Crippen LogP contribution in [0.1, 0.15) is 59.0 Å². The highest BCUT2D eigenvalue weighted by Gasteiger charge is 2.29. The van der Waals surface area contributed by atoms with E-state index in [4.69, 9.17) is 0 Å². The first-order valence-electron chi connectivity index (χ1n) is 15.0. The Morgan fingerprint density at radius 2 is 1.72 bits per heavy atom. The second kappa shape index (κ2) is 11.7. The Balaban J connectivity index is 1.21. The van der Waals surface area contributed by atoms with E-state index in [0.29, 0.717) is 53.7 Å². The lowest BCUT2D eigenvalue weighted by atomic mass is 9.82. The van der Waals surface area contributed by atoms with Crippen LogP contribution in [0.25, 0.3) is 33.5 Å². The van der Waals surface area contributed by atoms with Crippen LogP contribution in [0, 0.1) is 17.6 Å². The highest BCUT2D eigenvalue weighted by Crippen LogP contribution is 2.34. The molecule has 6 aromatic rings. The Hall–Kier alpha value is -5.58. The summed E-state index contributed by atoms with van der Waals surface area (Å²) in [6.45, 7) is 0. The molecule has 0 bridgehead atoms. The first-order chi connectivity index (χ1) is 22.3. The van der Waals surface area contributed by atoms with Crippen LogP contribution in [0.5, 0.6) is 0 Å². The predicted octanol–water partition coefficient (Wildman–Crippen LogP) is 5.96. The molecule has 0 spiro atoms. The second-order valence-electron chi connectivity index (χ2n) is 11.6. The smallest absolute Gasteiger partial charge is 0.303 e. The van der Waals surface area contributed by atoms with Gasteiger partial charge in [-0.15, -0.1) is 0 Å². The number of imidazole rings is 1. The fraction of sp³-hybridized carbons (Fsp3) is 0.200. The van der Waals surface area contributed by atoms with Gasteiger partial charge in [-0.1, -0.05) is 36.4 Å². The van der Waals surface area contributed by atoms with Crippen molar-refractivity contribution in [3.63, 3.8) is 0 Å².